The van der Waals surface area contributed by atoms with Crippen molar-refractivity contribution in [1.82, 2.24) is 10.6 Å². The van der Waals surface area contributed by atoms with Gasteiger partial charge in [-0.05, 0) is 43.7 Å². The van der Waals surface area contributed by atoms with Gasteiger partial charge in [-0.25, -0.2) is 8.42 Å². The van der Waals surface area contributed by atoms with Crippen molar-refractivity contribution in [3.05, 3.63) is 29.3 Å². The van der Waals surface area contributed by atoms with E-state index in [1.807, 2.05) is 7.05 Å². The van der Waals surface area contributed by atoms with Gasteiger partial charge in [0.15, 0.2) is 0 Å². The number of fused-ring (bicyclic) bond motifs is 1. The number of aryl methyl sites for hydroxylation is 1. The van der Waals surface area contributed by atoms with Gasteiger partial charge in [0.25, 0.3) is 5.91 Å². The quantitative estimate of drug-likeness (QED) is 0.769. The van der Waals surface area contributed by atoms with E-state index in [0.29, 0.717) is 30.9 Å². The zero-order chi connectivity index (χ0) is 15.5. The molecule has 0 spiro atoms. The number of carbonyl (C=O) groups is 1. The lowest BCUT2D eigenvalue weighted by atomic mass is 10.0. The van der Waals surface area contributed by atoms with Gasteiger partial charge in [-0.15, -0.1) is 0 Å². The Hall–Kier alpha value is -1.60. The molecule has 1 aromatic carbocycles. The maximum Gasteiger partial charge on any atom is 0.251 e. The van der Waals surface area contributed by atoms with Gasteiger partial charge in [0.2, 0.25) is 10.0 Å². The fourth-order valence-electron chi connectivity index (χ4n) is 2.45. The van der Waals surface area contributed by atoms with E-state index in [0.717, 1.165) is 18.4 Å². The SMILES string of the molecule is CNCCNC(=O)c1ccc2c(c1)CCCN2S(C)(=O)=O. The molecule has 1 amide bonds. The van der Waals surface area contributed by atoms with Crippen molar-refractivity contribution in [1.29, 1.82) is 0 Å². The molecule has 116 valence electrons. The Labute approximate surface area is 125 Å². The van der Waals surface area contributed by atoms with Gasteiger partial charge in [-0.1, -0.05) is 0 Å². The van der Waals surface area contributed by atoms with Crippen molar-refractivity contribution >= 4 is 21.6 Å². The summed E-state index contributed by atoms with van der Waals surface area (Å²) in [6, 6.07) is 5.20. The van der Waals surface area contributed by atoms with Crippen LogP contribution >= 0.6 is 0 Å². The summed E-state index contributed by atoms with van der Waals surface area (Å²) in [6.45, 7) is 1.76. The molecule has 1 aliphatic rings. The minimum absolute atomic E-state index is 0.135. The minimum atomic E-state index is -3.27. The largest absolute Gasteiger partial charge is 0.351 e. The van der Waals surface area contributed by atoms with E-state index < -0.39 is 10.0 Å². The molecule has 1 aliphatic heterocycles. The van der Waals surface area contributed by atoms with E-state index in [1.54, 1.807) is 18.2 Å². The van der Waals surface area contributed by atoms with Crippen LogP contribution in [0, 0.1) is 0 Å². The van der Waals surface area contributed by atoms with Crippen LogP contribution in [-0.2, 0) is 16.4 Å². The van der Waals surface area contributed by atoms with Gasteiger partial charge in [0, 0.05) is 25.2 Å². The zero-order valence-electron chi connectivity index (χ0n) is 12.3. The molecule has 21 heavy (non-hydrogen) atoms. The number of nitrogens with one attached hydrogen (secondary N) is 2. The van der Waals surface area contributed by atoms with Gasteiger partial charge < -0.3 is 10.6 Å². The van der Waals surface area contributed by atoms with Crippen LogP contribution in [0.25, 0.3) is 0 Å². The smallest absolute Gasteiger partial charge is 0.251 e. The lowest BCUT2D eigenvalue weighted by Crippen LogP contribution is -2.35. The molecule has 1 heterocycles. The second-order valence-electron chi connectivity index (χ2n) is 5.14. The lowest BCUT2D eigenvalue weighted by molar-refractivity contribution is 0.0954. The maximum absolute atomic E-state index is 12.0. The summed E-state index contributed by atoms with van der Waals surface area (Å²) >= 11 is 0. The summed E-state index contributed by atoms with van der Waals surface area (Å²) in [7, 11) is -1.44. The number of anilines is 1. The van der Waals surface area contributed by atoms with Crippen LogP contribution in [0.3, 0.4) is 0 Å². The zero-order valence-corrected chi connectivity index (χ0v) is 13.2. The van der Waals surface area contributed by atoms with E-state index in [-0.39, 0.29) is 5.91 Å². The fourth-order valence-corrected chi connectivity index (χ4v) is 3.45. The Morgan fingerprint density at radius 3 is 2.76 bits per heavy atom. The fraction of sp³-hybridized carbons (Fsp3) is 0.500. The highest BCUT2D eigenvalue weighted by Gasteiger charge is 2.24. The molecule has 6 nitrogen and oxygen atoms in total. The van der Waals surface area contributed by atoms with E-state index in [1.165, 1.54) is 10.6 Å². The number of benzene rings is 1. The predicted molar refractivity (Wildman–Crippen MR) is 83.2 cm³/mol. The number of amides is 1. The Bertz CT molecular complexity index is 628. The highest BCUT2D eigenvalue weighted by atomic mass is 32.2. The van der Waals surface area contributed by atoms with Gasteiger partial charge in [-0.3, -0.25) is 9.10 Å². The summed E-state index contributed by atoms with van der Waals surface area (Å²) in [4.78, 5) is 12.0. The molecule has 2 N–H and O–H groups in total. The molecule has 0 saturated heterocycles. The summed E-state index contributed by atoms with van der Waals surface area (Å²) in [5.74, 6) is -0.135. The number of hydrogen-bond donors (Lipinski definition) is 2. The Kier molecular flexibility index (Phi) is 4.84. The summed E-state index contributed by atoms with van der Waals surface area (Å²) in [5, 5.41) is 5.77. The third kappa shape index (κ3) is 3.74. The first-order chi connectivity index (χ1) is 9.93. The van der Waals surface area contributed by atoms with Crippen molar-refractivity contribution in [3.8, 4) is 0 Å². The van der Waals surface area contributed by atoms with E-state index in [4.69, 9.17) is 0 Å². The van der Waals surface area contributed by atoms with Crippen LogP contribution in [0.4, 0.5) is 5.69 Å². The molecule has 0 unspecified atom stereocenters. The highest BCUT2D eigenvalue weighted by molar-refractivity contribution is 7.92. The van der Waals surface area contributed by atoms with Crippen LogP contribution < -0.4 is 14.9 Å². The summed E-state index contributed by atoms with van der Waals surface area (Å²) < 4.78 is 25.0. The molecule has 0 saturated carbocycles. The Morgan fingerprint density at radius 2 is 2.10 bits per heavy atom. The third-order valence-corrected chi connectivity index (χ3v) is 4.66. The second-order valence-corrected chi connectivity index (χ2v) is 7.05. The van der Waals surface area contributed by atoms with Crippen molar-refractivity contribution in [3.63, 3.8) is 0 Å². The van der Waals surface area contributed by atoms with E-state index >= 15 is 0 Å². The molecule has 1 aromatic rings. The topological polar surface area (TPSA) is 78.5 Å². The molecule has 0 bridgehead atoms. The van der Waals surface area contributed by atoms with Crippen molar-refractivity contribution in [2.75, 3.05) is 37.2 Å². The maximum atomic E-state index is 12.0. The monoisotopic (exact) mass is 311 g/mol. The van der Waals surface area contributed by atoms with Gasteiger partial charge >= 0.3 is 0 Å². The number of hydrogen-bond acceptors (Lipinski definition) is 4. The number of nitrogens with zero attached hydrogens (tertiary/aromatic N) is 1. The van der Waals surface area contributed by atoms with E-state index in [2.05, 4.69) is 10.6 Å². The van der Waals surface area contributed by atoms with E-state index in [9.17, 15) is 13.2 Å². The molecule has 0 aliphatic carbocycles. The average molecular weight is 311 g/mol. The lowest BCUT2D eigenvalue weighted by Gasteiger charge is -2.29. The second kappa shape index (κ2) is 6.44. The van der Waals surface area contributed by atoms with Gasteiger partial charge in [-0.2, -0.15) is 0 Å². The number of likely N-dealkylation sites (N-methyl/N-ethyl adjacent to an activating group) is 1. The van der Waals surface area contributed by atoms with Crippen molar-refractivity contribution in [2.24, 2.45) is 0 Å². The molecule has 0 fully saturated rings. The van der Waals surface area contributed by atoms with Crippen molar-refractivity contribution in [2.45, 2.75) is 12.8 Å². The molecular weight excluding hydrogens is 290 g/mol. The Morgan fingerprint density at radius 1 is 1.33 bits per heavy atom. The molecule has 0 atom stereocenters. The third-order valence-electron chi connectivity index (χ3n) is 3.48. The molecule has 0 radical (unpaired) electrons. The van der Waals surface area contributed by atoms with Gasteiger partial charge in [0.1, 0.15) is 0 Å². The first-order valence-corrected chi connectivity index (χ1v) is 8.82. The molecule has 7 heteroatoms. The Balaban J connectivity index is 2.21. The average Bonchev–Trinajstić information content (AvgIpc) is 2.45. The number of rotatable bonds is 5. The number of carbonyl (C=O) groups excluding carboxylic acids is 1. The first kappa shape index (κ1) is 15.8. The molecule has 0 aromatic heterocycles. The summed E-state index contributed by atoms with van der Waals surface area (Å²) in [5.41, 5.74) is 2.17. The van der Waals surface area contributed by atoms with Crippen LogP contribution in [0.2, 0.25) is 0 Å². The van der Waals surface area contributed by atoms with Crippen LogP contribution in [0.15, 0.2) is 18.2 Å². The standard InChI is InChI=1S/C14H21N3O3S/c1-15-7-8-16-14(18)12-5-6-13-11(10-12)4-3-9-17(13)21(2,19)20/h5-6,10,15H,3-4,7-9H2,1-2H3,(H,16,18). The normalized spacial score (nSPS) is 14.7. The highest BCUT2D eigenvalue weighted by Crippen LogP contribution is 2.29. The minimum Gasteiger partial charge on any atom is -0.351 e. The van der Waals surface area contributed by atoms with Crippen LogP contribution in [-0.4, -0.2) is 47.3 Å². The first-order valence-electron chi connectivity index (χ1n) is 6.97. The number of sulfonamides is 1. The molecular formula is C14H21N3O3S. The predicted octanol–water partition coefficient (Wildman–Crippen LogP) is 0.348. The van der Waals surface area contributed by atoms with Crippen LogP contribution in [0.1, 0.15) is 22.3 Å². The van der Waals surface area contributed by atoms with Crippen molar-refractivity contribution < 1.29 is 13.2 Å². The summed E-state index contributed by atoms with van der Waals surface area (Å²) in [6.07, 6.45) is 2.77. The van der Waals surface area contributed by atoms with Crippen LogP contribution in [0.5, 0.6) is 0 Å². The molecule has 2 rings (SSSR count). The van der Waals surface area contributed by atoms with Gasteiger partial charge in [0.05, 0.1) is 11.9 Å².